The minimum Gasteiger partial charge on any atom is -0.340 e. The maximum atomic E-state index is 12.8. The molecule has 3 atom stereocenters. The van der Waals surface area contributed by atoms with Crippen molar-refractivity contribution in [3.63, 3.8) is 0 Å². The minimum atomic E-state index is -0.718. The van der Waals surface area contributed by atoms with Crippen LogP contribution in [0.5, 0.6) is 0 Å². The molecule has 0 aromatic heterocycles. The summed E-state index contributed by atoms with van der Waals surface area (Å²) in [4.78, 5) is 27.1. The van der Waals surface area contributed by atoms with Crippen molar-refractivity contribution in [2.45, 2.75) is 77.4 Å². The van der Waals surface area contributed by atoms with E-state index in [-0.39, 0.29) is 23.9 Å². The SMILES string of the molecule is CCCC(C)N1C(=O)C(C)(CC)NC(=O)C1C1CC1. The second-order valence-electron chi connectivity index (χ2n) is 6.31. The second kappa shape index (κ2) is 5.14. The van der Waals surface area contributed by atoms with Crippen LogP contribution >= 0.6 is 0 Å². The topological polar surface area (TPSA) is 49.4 Å². The van der Waals surface area contributed by atoms with Crippen LogP contribution in [0.3, 0.4) is 0 Å². The molecule has 0 bridgehead atoms. The Hall–Kier alpha value is -1.06. The van der Waals surface area contributed by atoms with E-state index in [1.807, 2.05) is 18.7 Å². The van der Waals surface area contributed by atoms with Gasteiger partial charge in [0.1, 0.15) is 11.6 Å². The molecule has 1 aliphatic heterocycles. The van der Waals surface area contributed by atoms with E-state index in [0.29, 0.717) is 12.3 Å². The van der Waals surface area contributed by atoms with E-state index in [1.54, 1.807) is 0 Å². The smallest absolute Gasteiger partial charge is 0.248 e. The first-order valence-corrected chi connectivity index (χ1v) is 7.59. The lowest BCUT2D eigenvalue weighted by Gasteiger charge is -2.47. The van der Waals surface area contributed by atoms with Gasteiger partial charge in [-0.25, -0.2) is 0 Å². The van der Waals surface area contributed by atoms with Crippen LogP contribution in [0.1, 0.15) is 59.8 Å². The van der Waals surface area contributed by atoms with Crippen molar-refractivity contribution in [1.82, 2.24) is 10.2 Å². The predicted octanol–water partition coefficient (Wildman–Crippen LogP) is 2.08. The Balaban J connectivity index is 2.29. The maximum absolute atomic E-state index is 12.8. The second-order valence-corrected chi connectivity index (χ2v) is 6.31. The zero-order valence-corrected chi connectivity index (χ0v) is 12.5. The summed E-state index contributed by atoms with van der Waals surface area (Å²) in [6.07, 6.45) is 4.78. The largest absolute Gasteiger partial charge is 0.340 e. The Morgan fingerprint density at radius 1 is 1.37 bits per heavy atom. The third-order valence-electron chi connectivity index (χ3n) is 4.63. The molecule has 1 N–H and O–H groups in total. The number of carbonyl (C=O) groups excluding carboxylic acids is 2. The molecule has 1 saturated carbocycles. The van der Waals surface area contributed by atoms with Gasteiger partial charge >= 0.3 is 0 Å². The molecule has 0 radical (unpaired) electrons. The van der Waals surface area contributed by atoms with Crippen LogP contribution in [0.4, 0.5) is 0 Å². The molecule has 4 heteroatoms. The van der Waals surface area contributed by atoms with Gasteiger partial charge in [0.2, 0.25) is 11.8 Å². The van der Waals surface area contributed by atoms with Crippen molar-refractivity contribution >= 4 is 11.8 Å². The number of amides is 2. The molecule has 1 saturated heterocycles. The number of hydrogen-bond acceptors (Lipinski definition) is 2. The summed E-state index contributed by atoms with van der Waals surface area (Å²) >= 11 is 0. The standard InChI is InChI=1S/C15H26N2O2/c1-5-7-10(3)17-12(11-8-9-11)13(18)16-15(4,6-2)14(17)19/h10-12H,5-9H2,1-4H3,(H,16,18). The molecule has 1 aliphatic carbocycles. The van der Waals surface area contributed by atoms with E-state index in [2.05, 4.69) is 19.2 Å². The van der Waals surface area contributed by atoms with Crippen molar-refractivity contribution in [2.24, 2.45) is 5.92 Å². The molecule has 108 valence electrons. The summed E-state index contributed by atoms with van der Waals surface area (Å²) in [5, 5.41) is 2.96. The highest BCUT2D eigenvalue weighted by Gasteiger charge is 2.52. The third-order valence-corrected chi connectivity index (χ3v) is 4.63. The summed E-state index contributed by atoms with van der Waals surface area (Å²) in [5.41, 5.74) is -0.718. The first kappa shape index (κ1) is 14.4. The van der Waals surface area contributed by atoms with E-state index in [1.165, 1.54) is 0 Å². The lowest BCUT2D eigenvalue weighted by molar-refractivity contribution is -0.158. The van der Waals surface area contributed by atoms with E-state index < -0.39 is 5.54 Å². The number of rotatable bonds is 5. The summed E-state index contributed by atoms with van der Waals surface area (Å²) < 4.78 is 0. The molecule has 2 amide bonds. The number of nitrogens with one attached hydrogen (secondary N) is 1. The predicted molar refractivity (Wildman–Crippen MR) is 74.6 cm³/mol. The molecule has 0 spiro atoms. The van der Waals surface area contributed by atoms with Crippen LogP contribution < -0.4 is 5.32 Å². The van der Waals surface area contributed by atoms with E-state index in [9.17, 15) is 9.59 Å². The van der Waals surface area contributed by atoms with Crippen LogP contribution in [-0.2, 0) is 9.59 Å². The molecular weight excluding hydrogens is 240 g/mol. The fourth-order valence-electron chi connectivity index (χ4n) is 3.06. The van der Waals surface area contributed by atoms with Crippen molar-refractivity contribution in [2.75, 3.05) is 0 Å². The molecule has 4 nitrogen and oxygen atoms in total. The average Bonchev–Trinajstić information content (AvgIpc) is 3.17. The highest BCUT2D eigenvalue weighted by atomic mass is 16.2. The average molecular weight is 266 g/mol. The zero-order valence-electron chi connectivity index (χ0n) is 12.5. The van der Waals surface area contributed by atoms with Crippen LogP contribution in [-0.4, -0.2) is 34.3 Å². The maximum Gasteiger partial charge on any atom is 0.248 e. The molecule has 0 aromatic carbocycles. The van der Waals surface area contributed by atoms with E-state index in [4.69, 9.17) is 0 Å². The Kier molecular flexibility index (Phi) is 3.88. The molecule has 2 aliphatic rings. The Morgan fingerprint density at radius 2 is 2.00 bits per heavy atom. The van der Waals surface area contributed by atoms with Crippen molar-refractivity contribution < 1.29 is 9.59 Å². The van der Waals surface area contributed by atoms with Crippen molar-refractivity contribution in [1.29, 1.82) is 0 Å². The van der Waals surface area contributed by atoms with Gasteiger partial charge in [0.25, 0.3) is 0 Å². The van der Waals surface area contributed by atoms with Crippen LogP contribution in [0.15, 0.2) is 0 Å². The van der Waals surface area contributed by atoms with Gasteiger partial charge < -0.3 is 10.2 Å². The number of carbonyl (C=O) groups is 2. The molecule has 2 fully saturated rings. The lowest BCUT2D eigenvalue weighted by atomic mass is 9.89. The Labute approximate surface area is 115 Å². The summed E-state index contributed by atoms with van der Waals surface area (Å²) in [6.45, 7) is 8.00. The fraction of sp³-hybridized carbons (Fsp3) is 0.867. The summed E-state index contributed by atoms with van der Waals surface area (Å²) in [7, 11) is 0. The molecule has 0 aromatic rings. The molecule has 2 rings (SSSR count). The third kappa shape index (κ3) is 2.49. The van der Waals surface area contributed by atoms with Gasteiger partial charge in [-0.3, -0.25) is 9.59 Å². The zero-order chi connectivity index (χ0) is 14.2. The number of piperazine rings is 1. The highest BCUT2D eigenvalue weighted by Crippen LogP contribution is 2.39. The molecule has 19 heavy (non-hydrogen) atoms. The van der Waals surface area contributed by atoms with Crippen molar-refractivity contribution in [3.8, 4) is 0 Å². The van der Waals surface area contributed by atoms with Crippen LogP contribution in [0, 0.1) is 5.92 Å². The van der Waals surface area contributed by atoms with Gasteiger partial charge in [-0.05, 0) is 45.4 Å². The van der Waals surface area contributed by atoms with Gasteiger partial charge in [0.05, 0.1) is 0 Å². The van der Waals surface area contributed by atoms with Gasteiger partial charge in [0.15, 0.2) is 0 Å². The van der Waals surface area contributed by atoms with Crippen LogP contribution in [0.25, 0.3) is 0 Å². The number of nitrogens with zero attached hydrogens (tertiary/aromatic N) is 1. The highest BCUT2D eigenvalue weighted by molar-refractivity contribution is 6.00. The minimum absolute atomic E-state index is 0.0504. The normalized spacial score (nSPS) is 33.3. The lowest BCUT2D eigenvalue weighted by Crippen LogP contribution is -2.71. The van der Waals surface area contributed by atoms with Crippen LogP contribution in [0.2, 0.25) is 0 Å². The van der Waals surface area contributed by atoms with Gasteiger partial charge in [-0.2, -0.15) is 0 Å². The summed E-state index contributed by atoms with van der Waals surface area (Å²) in [5.74, 6) is 0.534. The van der Waals surface area contributed by atoms with E-state index >= 15 is 0 Å². The Bertz CT molecular complexity index is 378. The quantitative estimate of drug-likeness (QED) is 0.828. The monoisotopic (exact) mass is 266 g/mol. The van der Waals surface area contributed by atoms with Crippen molar-refractivity contribution in [3.05, 3.63) is 0 Å². The Morgan fingerprint density at radius 3 is 2.47 bits per heavy atom. The van der Waals surface area contributed by atoms with Gasteiger partial charge in [-0.15, -0.1) is 0 Å². The van der Waals surface area contributed by atoms with Gasteiger partial charge in [-0.1, -0.05) is 20.3 Å². The summed E-state index contributed by atoms with van der Waals surface area (Å²) in [6, 6.07) is -0.0753. The molecule has 1 heterocycles. The fourth-order valence-corrected chi connectivity index (χ4v) is 3.06. The number of hydrogen-bond donors (Lipinski definition) is 1. The molecular formula is C15H26N2O2. The first-order valence-electron chi connectivity index (χ1n) is 7.59. The van der Waals surface area contributed by atoms with E-state index in [0.717, 1.165) is 25.7 Å². The molecule has 3 unspecified atom stereocenters. The van der Waals surface area contributed by atoms with Gasteiger partial charge in [0, 0.05) is 6.04 Å². The first-order chi connectivity index (χ1) is 8.94.